The Labute approximate surface area is 121 Å². The van der Waals surface area contributed by atoms with Gasteiger partial charge in [0.05, 0.1) is 0 Å². The lowest BCUT2D eigenvalue weighted by Crippen LogP contribution is -2.14. The fraction of sp³-hybridized carbons (Fsp3) is 0.200. The Morgan fingerprint density at radius 1 is 1.20 bits per heavy atom. The maximum Gasteiger partial charge on any atom is 0.231 e. The molecule has 5 heteroatoms. The van der Waals surface area contributed by atoms with E-state index in [1.807, 2.05) is 12.1 Å². The summed E-state index contributed by atoms with van der Waals surface area (Å²) >= 11 is 6.01. The first-order valence-corrected chi connectivity index (χ1v) is 6.61. The molecule has 1 heterocycles. The minimum absolute atomic E-state index is 0.215. The summed E-state index contributed by atoms with van der Waals surface area (Å²) in [7, 11) is 0. The minimum atomic E-state index is -0.362. The molecule has 2 N–H and O–H groups in total. The SMILES string of the molecule is NC(Cc1c(F)cccc1Cl)c1ccc2c(c1)OCO2. The van der Waals surface area contributed by atoms with Crippen molar-refractivity contribution in [3.63, 3.8) is 0 Å². The van der Waals surface area contributed by atoms with E-state index in [-0.39, 0.29) is 18.7 Å². The van der Waals surface area contributed by atoms with Gasteiger partial charge in [0, 0.05) is 16.6 Å². The van der Waals surface area contributed by atoms with Crippen molar-refractivity contribution in [1.82, 2.24) is 0 Å². The minimum Gasteiger partial charge on any atom is -0.454 e. The van der Waals surface area contributed by atoms with Crippen LogP contribution in [0.25, 0.3) is 0 Å². The fourth-order valence-corrected chi connectivity index (χ4v) is 2.45. The molecule has 0 saturated carbocycles. The van der Waals surface area contributed by atoms with Gasteiger partial charge in [-0.15, -0.1) is 0 Å². The first kappa shape index (κ1) is 13.2. The first-order valence-electron chi connectivity index (χ1n) is 6.23. The largest absolute Gasteiger partial charge is 0.454 e. The molecule has 0 amide bonds. The Morgan fingerprint density at radius 2 is 2.00 bits per heavy atom. The molecule has 0 spiro atoms. The maximum absolute atomic E-state index is 13.8. The van der Waals surface area contributed by atoms with Crippen LogP contribution in [0.2, 0.25) is 5.02 Å². The van der Waals surface area contributed by atoms with E-state index in [0.717, 1.165) is 5.56 Å². The summed E-state index contributed by atoms with van der Waals surface area (Å²) in [4.78, 5) is 0. The molecule has 104 valence electrons. The third-order valence-electron chi connectivity index (χ3n) is 3.31. The van der Waals surface area contributed by atoms with Crippen molar-refractivity contribution in [2.24, 2.45) is 5.73 Å². The van der Waals surface area contributed by atoms with Crippen LogP contribution in [0, 0.1) is 5.82 Å². The lowest BCUT2D eigenvalue weighted by Gasteiger charge is -2.14. The van der Waals surface area contributed by atoms with Crippen LogP contribution in [-0.2, 0) is 6.42 Å². The number of hydrogen-bond donors (Lipinski definition) is 1. The summed E-state index contributed by atoms with van der Waals surface area (Å²) in [6.45, 7) is 0.215. The van der Waals surface area contributed by atoms with E-state index >= 15 is 0 Å². The van der Waals surface area contributed by atoms with Crippen LogP contribution >= 0.6 is 11.6 Å². The number of nitrogens with two attached hydrogens (primary N) is 1. The summed E-state index contributed by atoms with van der Waals surface area (Å²) in [6, 6.07) is 9.74. The fourth-order valence-electron chi connectivity index (χ4n) is 2.21. The molecule has 0 fully saturated rings. The highest BCUT2D eigenvalue weighted by atomic mass is 35.5. The predicted molar refractivity (Wildman–Crippen MR) is 74.6 cm³/mol. The molecule has 1 aliphatic rings. The number of hydrogen-bond acceptors (Lipinski definition) is 3. The Balaban J connectivity index is 1.84. The van der Waals surface area contributed by atoms with Crippen molar-refractivity contribution >= 4 is 11.6 Å². The highest BCUT2D eigenvalue weighted by molar-refractivity contribution is 6.31. The maximum atomic E-state index is 13.8. The number of benzene rings is 2. The average Bonchev–Trinajstić information content (AvgIpc) is 2.90. The number of ether oxygens (including phenoxy) is 2. The quantitative estimate of drug-likeness (QED) is 0.942. The second-order valence-electron chi connectivity index (χ2n) is 4.62. The van der Waals surface area contributed by atoms with Gasteiger partial charge in [-0.1, -0.05) is 23.7 Å². The molecule has 1 atom stereocenters. The average molecular weight is 294 g/mol. The second-order valence-corrected chi connectivity index (χ2v) is 5.03. The van der Waals surface area contributed by atoms with Crippen LogP contribution < -0.4 is 15.2 Å². The molecule has 2 aromatic rings. The van der Waals surface area contributed by atoms with Gasteiger partial charge in [0.15, 0.2) is 11.5 Å². The Bertz CT molecular complexity index is 628. The predicted octanol–water partition coefficient (Wildman–Crippen LogP) is 3.45. The molecule has 2 aromatic carbocycles. The van der Waals surface area contributed by atoms with E-state index in [0.29, 0.717) is 28.5 Å². The molecule has 0 saturated heterocycles. The van der Waals surface area contributed by atoms with E-state index in [9.17, 15) is 4.39 Å². The first-order chi connectivity index (χ1) is 9.65. The topological polar surface area (TPSA) is 44.5 Å². The summed E-state index contributed by atoms with van der Waals surface area (Å²) in [5.74, 6) is 1.02. The molecule has 0 bridgehead atoms. The van der Waals surface area contributed by atoms with Crippen LogP contribution in [0.4, 0.5) is 4.39 Å². The van der Waals surface area contributed by atoms with Crippen molar-refractivity contribution in [3.05, 3.63) is 58.4 Å². The zero-order valence-corrected chi connectivity index (χ0v) is 11.4. The van der Waals surface area contributed by atoms with E-state index in [4.69, 9.17) is 26.8 Å². The molecular weight excluding hydrogens is 281 g/mol. The van der Waals surface area contributed by atoms with Crippen LogP contribution in [0.3, 0.4) is 0 Å². The van der Waals surface area contributed by atoms with Crippen LogP contribution in [0.1, 0.15) is 17.2 Å². The highest BCUT2D eigenvalue weighted by Crippen LogP contribution is 2.34. The molecule has 20 heavy (non-hydrogen) atoms. The molecule has 3 rings (SSSR count). The van der Waals surface area contributed by atoms with E-state index < -0.39 is 0 Å². The van der Waals surface area contributed by atoms with Gasteiger partial charge in [0.25, 0.3) is 0 Å². The number of halogens is 2. The van der Waals surface area contributed by atoms with Gasteiger partial charge in [-0.05, 0) is 36.2 Å². The van der Waals surface area contributed by atoms with E-state index in [2.05, 4.69) is 0 Å². The van der Waals surface area contributed by atoms with Gasteiger partial charge >= 0.3 is 0 Å². The van der Waals surface area contributed by atoms with Crippen LogP contribution in [-0.4, -0.2) is 6.79 Å². The Kier molecular flexibility index (Phi) is 3.51. The van der Waals surface area contributed by atoms with Crippen molar-refractivity contribution in [2.45, 2.75) is 12.5 Å². The van der Waals surface area contributed by atoms with Gasteiger partial charge in [-0.2, -0.15) is 0 Å². The Hall–Kier alpha value is -1.78. The van der Waals surface area contributed by atoms with Crippen LogP contribution in [0.15, 0.2) is 36.4 Å². The van der Waals surface area contributed by atoms with Crippen molar-refractivity contribution in [3.8, 4) is 11.5 Å². The monoisotopic (exact) mass is 293 g/mol. The third kappa shape index (κ3) is 2.44. The summed E-state index contributed by atoms with van der Waals surface area (Å²) in [6.07, 6.45) is 0.325. The number of fused-ring (bicyclic) bond motifs is 1. The molecule has 1 unspecified atom stereocenters. The zero-order valence-electron chi connectivity index (χ0n) is 10.6. The lowest BCUT2D eigenvalue weighted by atomic mass is 9.99. The summed E-state index contributed by atoms with van der Waals surface area (Å²) in [5.41, 5.74) is 7.42. The molecule has 0 aliphatic carbocycles. The smallest absolute Gasteiger partial charge is 0.231 e. The normalized spacial score (nSPS) is 14.3. The molecule has 0 radical (unpaired) electrons. The molecule has 1 aliphatic heterocycles. The number of rotatable bonds is 3. The molecular formula is C15H13ClFNO2. The van der Waals surface area contributed by atoms with E-state index in [1.54, 1.807) is 18.2 Å². The van der Waals surface area contributed by atoms with Gasteiger partial charge in [-0.3, -0.25) is 0 Å². The highest BCUT2D eigenvalue weighted by Gasteiger charge is 2.18. The van der Waals surface area contributed by atoms with Gasteiger partial charge in [0.1, 0.15) is 5.82 Å². The lowest BCUT2D eigenvalue weighted by molar-refractivity contribution is 0.174. The standard InChI is InChI=1S/C15H13ClFNO2/c16-11-2-1-3-12(17)10(11)7-13(18)9-4-5-14-15(6-9)20-8-19-14/h1-6,13H,7-8,18H2. The summed E-state index contributed by atoms with van der Waals surface area (Å²) in [5, 5.41) is 0.390. The van der Waals surface area contributed by atoms with Crippen molar-refractivity contribution < 1.29 is 13.9 Å². The van der Waals surface area contributed by atoms with Crippen molar-refractivity contribution in [1.29, 1.82) is 0 Å². The van der Waals surface area contributed by atoms with Crippen LogP contribution in [0.5, 0.6) is 11.5 Å². The summed E-state index contributed by atoms with van der Waals surface area (Å²) < 4.78 is 24.3. The van der Waals surface area contributed by atoms with E-state index in [1.165, 1.54) is 6.07 Å². The van der Waals surface area contributed by atoms with Gasteiger partial charge in [-0.25, -0.2) is 4.39 Å². The third-order valence-corrected chi connectivity index (χ3v) is 3.66. The second kappa shape index (κ2) is 5.31. The van der Waals surface area contributed by atoms with Gasteiger partial charge < -0.3 is 15.2 Å². The molecule has 0 aromatic heterocycles. The molecule has 3 nitrogen and oxygen atoms in total. The van der Waals surface area contributed by atoms with Crippen molar-refractivity contribution in [2.75, 3.05) is 6.79 Å². The van der Waals surface area contributed by atoms with Gasteiger partial charge in [0.2, 0.25) is 6.79 Å². The zero-order chi connectivity index (χ0) is 14.1. The Morgan fingerprint density at radius 3 is 2.80 bits per heavy atom.